The molecule has 2 N–H and O–H groups in total. The Kier molecular flexibility index (Phi) is 3.81. The molecule has 1 aromatic carbocycles. The van der Waals surface area contributed by atoms with Gasteiger partial charge in [-0.1, -0.05) is 0 Å². The molecule has 0 saturated carbocycles. The molecule has 7 heteroatoms. The minimum Gasteiger partial charge on any atom is -0.362 e. The Balaban J connectivity index is 2.11. The number of nitrogens with zero attached hydrogens (tertiary/aromatic N) is 1. The number of hydrogen-bond acceptors (Lipinski definition) is 3. The quantitative estimate of drug-likeness (QED) is 0.887. The third-order valence-corrected chi connectivity index (χ3v) is 4.54. The number of anilines is 1. The van der Waals surface area contributed by atoms with E-state index in [4.69, 9.17) is 0 Å². The Morgan fingerprint density at radius 1 is 1.25 bits per heavy atom. The molecule has 0 radical (unpaired) electrons. The van der Waals surface area contributed by atoms with Crippen LogP contribution in [-0.4, -0.2) is 9.55 Å². The Hall–Kier alpha value is -2.44. The van der Waals surface area contributed by atoms with Crippen LogP contribution in [0, 0.1) is 11.6 Å². The van der Waals surface area contributed by atoms with Gasteiger partial charge in [0.05, 0.1) is 11.1 Å². The molecule has 1 aliphatic rings. The minimum atomic E-state index is -0.918. The van der Waals surface area contributed by atoms with Crippen LogP contribution in [0.15, 0.2) is 27.8 Å². The van der Waals surface area contributed by atoms with E-state index in [-0.39, 0.29) is 23.0 Å². The number of H-pyrrole nitrogens is 1. The lowest BCUT2D eigenvalue weighted by Gasteiger charge is -2.37. The number of fused-ring (bicyclic) bond motifs is 1. The lowest BCUT2D eigenvalue weighted by molar-refractivity contribution is 0.435. The highest BCUT2D eigenvalue weighted by Gasteiger charge is 2.35. The van der Waals surface area contributed by atoms with Crippen molar-refractivity contribution in [3.05, 3.63) is 61.8 Å². The first-order chi connectivity index (χ1) is 11.2. The number of aromatic nitrogens is 2. The lowest BCUT2D eigenvalue weighted by atomic mass is 9.83. The van der Waals surface area contributed by atoms with Crippen molar-refractivity contribution in [2.24, 2.45) is 0 Å². The van der Waals surface area contributed by atoms with Crippen LogP contribution in [0.25, 0.3) is 0 Å². The fourth-order valence-corrected chi connectivity index (χ4v) is 3.23. The molecule has 3 rings (SSSR count). The summed E-state index contributed by atoms with van der Waals surface area (Å²) in [6.07, 6.45) is 0.761. The summed E-state index contributed by atoms with van der Waals surface area (Å²) < 4.78 is 28.9. The molecule has 0 spiro atoms. The Labute approximate surface area is 137 Å². The summed E-state index contributed by atoms with van der Waals surface area (Å²) in [7, 11) is 0. The van der Waals surface area contributed by atoms with Gasteiger partial charge in [-0.05, 0) is 51.8 Å². The maximum atomic E-state index is 14.2. The van der Waals surface area contributed by atoms with Gasteiger partial charge in [-0.3, -0.25) is 14.3 Å². The highest BCUT2D eigenvalue weighted by molar-refractivity contribution is 5.50. The first kappa shape index (κ1) is 16.4. The predicted molar refractivity (Wildman–Crippen MR) is 87.4 cm³/mol. The molecule has 0 fully saturated rings. The molecule has 24 heavy (non-hydrogen) atoms. The number of halogens is 2. The fraction of sp³-hybridized carbons (Fsp3) is 0.412. The maximum Gasteiger partial charge on any atom is 0.330 e. The Morgan fingerprint density at radius 2 is 1.96 bits per heavy atom. The number of benzene rings is 1. The molecule has 1 atom stereocenters. The first-order valence-corrected chi connectivity index (χ1v) is 7.84. The average molecular weight is 335 g/mol. The highest BCUT2D eigenvalue weighted by Crippen LogP contribution is 2.36. The largest absolute Gasteiger partial charge is 0.362 e. The van der Waals surface area contributed by atoms with Crippen LogP contribution in [-0.2, 0) is 12.0 Å². The Bertz CT molecular complexity index is 917. The molecule has 1 aliphatic heterocycles. The summed E-state index contributed by atoms with van der Waals surface area (Å²) in [6, 6.07) is 3.01. The van der Waals surface area contributed by atoms with Gasteiger partial charge in [0, 0.05) is 11.6 Å². The molecule has 2 aromatic rings. The van der Waals surface area contributed by atoms with Gasteiger partial charge in [-0.15, -0.1) is 0 Å². The van der Waals surface area contributed by atoms with E-state index in [0.717, 1.165) is 22.8 Å². The van der Waals surface area contributed by atoms with Gasteiger partial charge in [0.1, 0.15) is 17.5 Å². The predicted octanol–water partition coefficient (Wildman–Crippen LogP) is 2.67. The summed E-state index contributed by atoms with van der Waals surface area (Å²) in [4.78, 5) is 27.3. The summed E-state index contributed by atoms with van der Waals surface area (Å²) in [6.45, 7) is 5.23. The van der Waals surface area contributed by atoms with Gasteiger partial charge in [0.25, 0.3) is 5.56 Å². The average Bonchev–Trinajstić information content (AvgIpc) is 2.48. The molecule has 1 aromatic heterocycles. The number of hydrogen-bond donors (Lipinski definition) is 2. The maximum absolute atomic E-state index is 14.2. The molecule has 128 valence electrons. The van der Waals surface area contributed by atoms with Crippen molar-refractivity contribution in [1.29, 1.82) is 0 Å². The second kappa shape index (κ2) is 5.58. The molecule has 0 aliphatic carbocycles. The van der Waals surface area contributed by atoms with E-state index >= 15 is 0 Å². The van der Waals surface area contributed by atoms with E-state index in [9.17, 15) is 18.4 Å². The van der Waals surface area contributed by atoms with Gasteiger partial charge >= 0.3 is 5.69 Å². The zero-order valence-electron chi connectivity index (χ0n) is 13.7. The minimum absolute atomic E-state index is 0.169. The molecule has 0 amide bonds. The zero-order chi connectivity index (χ0) is 17.6. The Morgan fingerprint density at radius 3 is 2.62 bits per heavy atom. The standard InChI is InChI=1S/C17H19F2N3O2/c1-9(2)22-15(23)11-6-7-17(3,21-14(11)20-16(22)24)12-8-10(18)4-5-13(12)19/h4-5,8-9,21H,6-7H2,1-3H3,(H,20,24)/t17-/m1/s1. The van der Waals surface area contributed by atoms with Crippen molar-refractivity contribution >= 4 is 5.82 Å². The van der Waals surface area contributed by atoms with Gasteiger partial charge in [-0.2, -0.15) is 0 Å². The van der Waals surface area contributed by atoms with Gasteiger partial charge in [0.15, 0.2) is 0 Å². The SMILES string of the molecule is CC(C)n1c(=O)[nH]c2c(c1=O)CC[C@](C)(c1cc(F)ccc1F)N2. The second-order valence-electron chi connectivity index (χ2n) is 6.63. The van der Waals surface area contributed by atoms with Crippen LogP contribution in [0.5, 0.6) is 0 Å². The van der Waals surface area contributed by atoms with E-state index in [1.807, 2.05) is 0 Å². The van der Waals surface area contributed by atoms with E-state index in [2.05, 4.69) is 10.3 Å². The van der Waals surface area contributed by atoms with Gasteiger partial charge < -0.3 is 5.32 Å². The van der Waals surface area contributed by atoms with Gasteiger partial charge in [0.2, 0.25) is 0 Å². The van der Waals surface area contributed by atoms with Crippen molar-refractivity contribution in [2.75, 3.05) is 5.32 Å². The molecule has 2 heterocycles. The number of aromatic amines is 1. The van der Waals surface area contributed by atoms with Crippen LogP contribution in [0.2, 0.25) is 0 Å². The van der Waals surface area contributed by atoms with Crippen LogP contribution in [0.4, 0.5) is 14.6 Å². The molecule has 0 unspecified atom stereocenters. The van der Waals surface area contributed by atoms with E-state index in [0.29, 0.717) is 18.4 Å². The lowest BCUT2D eigenvalue weighted by Crippen LogP contribution is -2.45. The highest BCUT2D eigenvalue weighted by atomic mass is 19.1. The van der Waals surface area contributed by atoms with Crippen LogP contribution < -0.4 is 16.6 Å². The van der Waals surface area contributed by atoms with Crippen LogP contribution in [0.3, 0.4) is 0 Å². The topological polar surface area (TPSA) is 66.9 Å². The summed E-state index contributed by atoms with van der Waals surface area (Å²) >= 11 is 0. The van der Waals surface area contributed by atoms with Crippen molar-refractivity contribution in [1.82, 2.24) is 9.55 Å². The van der Waals surface area contributed by atoms with Crippen molar-refractivity contribution < 1.29 is 8.78 Å². The van der Waals surface area contributed by atoms with Crippen LogP contribution >= 0.6 is 0 Å². The first-order valence-electron chi connectivity index (χ1n) is 7.84. The summed E-state index contributed by atoms with van der Waals surface area (Å²) in [5.41, 5.74) is -1.17. The number of nitrogens with one attached hydrogen (secondary N) is 2. The van der Waals surface area contributed by atoms with E-state index in [1.165, 1.54) is 0 Å². The molecular weight excluding hydrogens is 316 g/mol. The molecule has 0 bridgehead atoms. The van der Waals surface area contributed by atoms with E-state index in [1.54, 1.807) is 20.8 Å². The number of rotatable bonds is 2. The third-order valence-electron chi connectivity index (χ3n) is 4.54. The van der Waals surface area contributed by atoms with Crippen molar-refractivity contribution in [2.45, 2.75) is 45.2 Å². The van der Waals surface area contributed by atoms with Gasteiger partial charge in [-0.25, -0.2) is 13.6 Å². The smallest absolute Gasteiger partial charge is 0.330 e. The van der Waals surface area contributed by atoms with Crippen molar-refractivity contribution in [3.8, 4) is 0 Å². The third kappa shape index (κ3) is 2.53. The zero-order valence-corrected chi connectivity index (χ0v) is 13.7. The normalized spacial score (nSPS) is 19.9. The monoisotopic (exact) mass is 335 g/mol. The molecular formula is C17H19F2N3O2. The fourth-order valence-electron chi connectivity index (χ4n) is 3.23. The van der Waals surface area contributed by atoms with Crippen molar-refractivity contribution in [3.63, 3.8) is 0 Å². The summed E-state index contributed by atoms with van der Waals surface area (Å²) in [5, 5.41) is 3.03. The van der Waals surface area contributed by atoms with Crippen LogP contribution in [0.1, 0.15) is 44.4 Å². The summed E-state index contributed by atoms with van der Waals surface area (Å²) in [5.74, 6) is -0.795. The second-order valence-corrected chi connectivity index (χ2v) is 6.63. The van der Waals surface area contributed by atoms with E-state index < -0.39 is 22.9 Å². The molecule has 0 saturated heterocycles. The molecule has 5 nitrogen and oxygen atoms in total.